The van der Waals surface area contributed by atoms with E-state index >= 15 is 0 Å². The molecule has 1 aromatic carbocycles. The van der Waals surface area contributed by atoms with Crippen LogP contribution in [0.1, 0.15) is 64.3 Å². The van der Waals surface area contributed by atoms with Crippen molar-refractivity contribution in [3.8, 4) is 16.2 Å². The number of hydrogen-bond acceptors (Lipinski definition) is 6. The number of nitrogens with zero attached hydrogens (tertiary/aromatic N) is 2. The summed E-state index contributed by atoms with van der Waals surface area (Å²) in [7, 11) is 1.58. The largest absolute Gasteiger partial charge is 0.494 e. The number of benzene rings is 1. The molecule has 0 saturated heterocycles. The van der Waals surface area contributed by atoms with Crippen molar-refractivity contribution in [1.82, 2.24) is 14.9 Å². The van der Waals surface area contributed by atoms with Gasteiger partial charge in [0.1, 0.15) is 5.56 Å². The molecule has 1 unspecified atom stereocenters. The van der Waals surface area contributed by atoms with Crippen molar-refractivity contribution in [3.05, 3.63) is 80.7 Å². The number of pyridine rings is 2. The van der Waals surface area contributed by atoms with Gasteiger partial charge in [0.05, 0.1) is 30.5 Å². The molecule has 2 N–H and O–H groups in total. The lowest BCUT2D eigenvalue weighted by Crippen LogP contribution is -2.31. The molecule has 4 aromatic rings. The van der Waals surface area contributed by atoms with Gasteiger partial charge < -0.3 is 19.7 Å². The molecule has 2 aliphatic rings. The van der Waals surface area contributed by atoms with Gasteiger partial charge in [0, 0.05) is 39.4 Å². The highest BCUT2D eigenvalue weighted by molar-refractivity contribution is 7.15. The number of thiophene rings is 1. The van der Waals surface area contributed by atoms with Gasteiger partial charge in [-0.05, 0) is 68.0 Å². The quantitative estimate of drug-likeness (QED) is 0.352. The van der Waals surface area contributed by atoms with Crippen LogP contribution in [0.5, 0.6) is 5.75 Å². The fourth-order valence-electron chi connectivity index (χ4n) is 5.36. The van der Waals surface area contributed by atoms with Crippen LogP contribution in [-0.2, 0) is 17.6 Å². The van der Waals surface area contributed by atoms with Crippen LogP contribution >= 0.6 is 11.3 Å². The van der Waals surface area contributed by atoms with Crippen LogP contribution in [0.15, 0.2) is 53.6 Å². The van der Waals surface area contributed by atoms with E-state index in [1.807, 2.05) is 28.8 Å². The van der Waals surface area contributed by atoms with E-state index < -0.39 is 11.4 Å². The SMILES string of the molecule is COc1c(-c2cc3c(s2)CCCC3NC(=O)Cc2ccccn2)ccc2c(=O)c(C(=O)O)cn(C3CC3)c12. The number of carbonyl (C=O) groups is 2. The number of fused-ring (bicyclic) bond motifs is 2. The highest BCUT2D eigenvalue weighted by Crippen LogP contribution is 2.46. The van der Waals surface area contributed by atoms with Crippen LogP contribution < -0.4 is 15.5 Å². The Kier molecular flexibility index (Phi) is 6.23. The summed E-state index contributed by atoms with van der Waals surface area (Å²) in [5, 5.41) is 13.1. The minimum absolute atomic E-state index is 0.0553. The highest BCUT2D eigenvalue weighted by atomic mass is 32.1. The molecule has 1 amide bonds. The first-order chi connectivity index (χ1) is 18.4. The van der Waals surface area contributed by atoms with Crippen LogP contribution in [0.25, 0.3) is 21.3 Å². The van der Waals surface area contributed by atoms with E-state index in [0.29, 0.717) is 16.7 Å². The predicted molar refractivity (Wildman–Crippen MR) is 145 cm³/mol. The monoisotopic (exact) mass is 529 g/mol. The molecular formula is C29H27N3O5S. The maximum absolute atomic E-state index is 13.0. The van der Waals surface area contributed by atoms with Crippen LogP contribution in [0.2, 0.25) is 0 Å². The van der Waals surface area contributed by atoms with E-state index in [2.05, 4.69) is 16.4 Å². The highest BCUT2D eigenvalue weighted by Gasteiger charge is 2.30. The van der Waals surface area contributed by atoms with E-state index in [9.17, 15) is 19.5 Å². The van der Waals surface area contributed by atoms with Crippen molar-refractivity contribution in [2.45, 2.75) is 50.6 Å². The zero-order valence-corrected chi connectivity index (χ0v) is 21.7. The Morgan fingerprint density at radius 2 is 2.05 bits per heavy atom. The zero-order valence-electron chi connectivity index (χ0n) is 20.9. The van der Waals surface area contributed by atoms with E-state index in [-0.39, 0.29) is 30.0 Å². The molecule has 0 bridgehead atoms. The van der Waals surface area contributed by atoms with Crippen molar-refractivity contribution in [3.63, 3.8) is 0 Å². The Morgan fingerprint density at radius 1 is 1.21 bits per heavy atom. The van der Waals surface area contributed by atoms with E-state index in [1.165, 1.54) is 11.1 Å². The Morgan fingerprint density at radius 3 is 2.76 bits per heavy atom. The topological polar surface area (TPSA) is 111 Å². The Hall–Kier alpha value is -3.98. The van der Waals surface area contributed by atoms with Gasteiger partial charge in [-0.1, -0.05) is 6.07 Å². The molecule has 3 heterocycles. The third-order valence-electron chi connectivity index (χ3n) is 7.30. The second-order valence-corrected chi connectivity index (χ2v) is 11.0. The van der Waals surface area contributed by atoms with Gasteiger partial charge in [0.15, 0.2) is 5.75 Å². The maximum Gasteiger partial charge on any atom is 0.341 e. The number of carboxylic acids is 1. The lowest BCUT2D eigenvalue weighted by molar-refractivity contribution is -0.121. The first-order valence-electron chi connectivity index (χ1n) is 12.8. The first kappa shape index (κ1) is 24.4. The number of carboxylic acid groups (broad SMARTS) is 1. The smallest absolute Gasteiger partial charge is 0.341 e. The molecule has 3 aromatic heterocycles. The number of aryl methyl sites for hydroxylation is 1. The fraction of sp³-hybridized carbons (Fsp3) is 0.310. The number of amides is 1. The lowest BCUT2D eigenvalue weighted by Gasteiger charge is -2.23. The number of ether oxygens (including phenoxy) is 1. The number of rotatable bonds is 7. The van der Waals surface area contributed by atoms with Gasteiger partial charge >= 0.3 is 5.97 Å². The first-order valence-corrected chi connectivity index (χ1v) is 13.6. The molecule has 194 valence electrons. The third-order valence-corrected chi connectivity index (χ3v) is 8.55. The summed E-state index contributed by atoms with van der Waals surface area (Å²) < 4.78 is 7.80. The summed E-state index contributed by atoms with van der Waals surface area (Å²) in [6, 6.07) is 11.3. The van der Waals surface area contributed by atoms with Gasteiger partial charge in [0.2, 0.25) is 11.3 Å². The van der Waals surface area contributed by atoms with Crippen LogP contribution in [0.4, 0.5) is 0 Å². The number of aromatic carboxylic acids is 1. The summed E-state index contributed by atoms with van der Waals surface area (Å²) in [5.74, 6) is -0.713. The lowest BCUT2D eigenvalue weighted by atomic mass is 9.93. The normalized spacial score (nSPS) is 16.7. The molecule has 8 nitrogen and oxygen atoms in total. The minimum atomic E-state index is -1.23. The minimum Gasteiger partial charge on any atom is -0.494 e. The third kappa shape index (κ3) is 4.36. The second kappa shape index (κ2) is 9.72. The number of methoxy groups -OCH3 is 1. The van der Waals surface area contributed by atoms with Crippen molar-refractivity contribution < 1.29 is 19.4 Å². The fourth-order valence-corrected chi connectivity index (χ4v) is 6.65. The molecule has 0 radical (unpaired) electrons. The summed E-state index contributed by atoms with van der Waals surface area (Å²) in [4.78, 5) is 44.1. The van der Waals surface area contributed by atoms with Gasteiger partial charge in [-0.2, -0.15) is 0 Å². The second-order valence-electron chi connectivity index (χ2n) is 9.86. The van der Waals surface area contributed by atoms with E-state index in [1.54, 1.807) is 30.7 Å². The molecule has 38 heavy (non-hydrogen) atoms. The average Bonchev–Trinajstić information content (AvgIpc) is 3.66. The van der Waals surface area contributed by atoms with Crippen molar-refractivity contribution in [2.75, 3.05) is 7.11 Å². The Bertz CT molecular complexity index is 1620. The van der Waals surface area contributed by atoms with Crippen LogP contribution in [0.3, 0.4) is 0 Å². The van der Waals surface area contributed by atoms with Crippen molar-refractivity contribution in [2.24, 2.45) is 0 Å². The standard InChI is InChI=1S/C29H27N3O5S/c1-37-28-18(10-11-19-26(28)32(17-8-9-17)15-21(27(19)34)29(35)36)24-14-20-22(6-4-7-23(20)38-24)31-25(33)13-16-5-2-3-12-30-16/h2-3,5,10-12,14-15,17,22H,4,6-9,13H2,1H3,(H,31,33)(H,35,36). The Labute approximate surface area is 222 Å². The van der Waals surface area contributed by atoms with E-state index in [0.717, 1.165) is 53.8 Å². The van der Waals surface area contributed by atoms with Crippen LogP contribution in [0, 0.1) is 0 Å². The number of hydrogen-bond donors (Lipinski definition) is 2. The predicted octanol–water partition coefficient (Wildman–Crippen LogP) is 4.90. The molecule has 2 aliphatic carbocycles. The molecule has 0 aliphatic heterocycles. The number of carbonyl (C=O) groups excluding carboxylic acids is 1. The molecule has 1 fully saturated rings. The molecule has 1 saturated carbocycles. The molecule has 1 atom stereocenters. The molecule has 0 spiro atoms. The van der Waals surface area contributed by atoms with Gasteiger partial charge in [-0.3, -0.25) is 14.6 Å². The van der Waals surface area contributed by atoms with Gasteiger partial charge in [-0.15, -0.1) is 11.3 Å². The average molecular weight is 530 g/mol. The molecule has 6 rings (SSSR count). The van der Waals surface area contributed by atoms with Crippen molar-refractivity contribution >= 4 is 34.1 Å². The zero-order chi connectivity index (χ0) is 26.4. The van der Waals surface area contributed by atoms with Crippen molar-refractivity contribution in [1.29, 1.82) is 0 Å². The number of nitrogens with one attached hydrogen (secondary N) is 1. The summed E-state index contributed by atoms with van der Waals surface area (Å²) in [5.41, 5.74) is 2.61. The van der Waals surface area contributed by atoms with Gasteiger partial charge in [-0.25, -0.2) is 4.79 Å². The molecular weight excluding hydrogens is 502 g/mol. The Balaban J connectivity index is 1.39. The molecule has 9 heteroatoms. The number of aromatic nitrogens is 2. The van der Waals surface area contributed by atoms with Crippen LogP contribution in [-0.4, -0.2) is 33.6 Å². The summed E-state index contributed by atoms with van der Waals surface area (Å²) in [6.07, 6.45) is 8.03. The van der Waals surface area contributed by atoms with Gasteiger partial charge in [0.25, 0.3) is 0 Å². The van der Waals surface area contributed by atoms with E-state index in [4.69, 9.17) is 4.74 Å². The maximum atomic E-state index is 13.0. The summed E-state index contributed by atoms with van der Waals surface area (Å²) in [6.45, 7) is 0. The summed E-state index contributed by atoms with van der Waals surface area (Å²) >= 11 is 1.68.